The van der Waals surface area contributed by atoms with Gasteiger partial charge in [-0.2, -0.15) is 8.75 Å². The van der Waals surface area contributed by atoms with Gasteiger partial charge in [0.05, 0.1) is 17.4 Å². The highest BCUT2D eigenvalue weighted by Crippen LogP contribution is 2.48. The van der Waals surface area contributed by atoms with Crippen molar-refractivity contribution in [2.75, 3.05) is 13.1 Å². The van der Waals surface area contributed by atoms with Crippen LogP contribution in [0.2, 0.25) is 5.02 Å². The molecular weight excluding hydrogens is 422 g/mol. The van der Waals surface area contributed by atoms with Crippen LogP contribution in [0, 0.1) is 5.92 Å². The third-order valence-electron chi connectivity index (χ3n) is 5.55. The van der Waals surface area contributed by atoms with Crippen molar-refractivity contribution in [3.8, 4) is 0 Å². The van der Waals surface area contributed by atoms with Crippen molar-refractivity contribution in [2.45, 2.75) is 35.4 Å². The average molecular weight is 438 g/mol. The molecule has 0 aliphatic carbocycles. The molecular formula is C18H16ClN3O4S2. The molecule has 4 heterocycles. The molecule has 3 saturated heterocycles. The number of piperidine rings is 1. The first kappa shape index (κ1) is 18.4. The standard InChI is InChI=1S/C18H16ClN3O4S2/c19-12-3-1-10(2-4-12)9-27-15-14(20-28-21-15)13-8-22-7-11(13)5-6-18(22)25-16(23)17(24)26-18/h1-4,11,13H,5-9H2. The zero-order valence-corrected chi connectivity index (χ0v) is 17.1. The molecule has 1 spiro atoms. The lowest BCUT2D eigenvalue weighted by Gasteiger charge is -2.37. The highest BCUT2D eigenvalue weighted by atomic mass is 35.5. The Morgan fingerprint density at radius 1 is 1.18 bits per heavy atom. The van der Waals surface area contributed by atoms with Crippen LogP contribution in [0.1, 0.15) is 30.0 Å². The Morgan fingerprint density at radius 2 is 1.93 bits per heavy atom. The molecule has 28 heavy (non-hydrogen) atoms. The predicted molar refractivity (Wildman–Crippen MR) is 103 cm³/mol. The van der Waals surface area contributed by atoms with Crippen molar-refractivity contribution in [3.63, 3.8) is 0 Å². The van der Waals surface area contributed by atoms with E-state index in [1.54, 1.807) is 11.8 Å². The zero-order valence-electron chi connectivity index (χ0n) is 14.7. The quantitative estimate of drug-likeness (QED) is 0.410. The first-order valence-electron chi connectivity index (χ1n) is 8.95. The zero-order chi connectivity index (χ0) is 19.3. The van der Waals surface area contributed by atoms with Gasteiger partial charge in [-0.15, -0.1) is 0 Å². The van der Waals surface area contributed by atoms with Crippen molar-refractivity contribution in [1.29, 1.82) is 0 Å². The second-order valence-electron chi connectivity index (χ2n) is 7.17. The largest absolute Gasteiger partial charge is 0.421 e. The SMILES string of the molecule is O=C1OC2(CCC3CN2CC3c2nsnc2SCc2ccc(Cl)cc2)OC1=O. The summed E-state index contributed by atoms with van der Waals surface area (Å²) in [6, 6.07) is 7.79. The summed E-state index contributed by atoms with van der Waals surface area (Å²) < 4.78 is 19.7. The summed E-state index contributed by atoms with van der Waals surface area (Å²) in [5, 5.41) is 1.66. The van der Waals surface area contributed by atoms with Gasteiger partial charge in [-0.05, 0) is 30.0 Å². The van der Waals surface area contributed by atoms with E-state index in [-0.39, 0.29) is 5.92 Å². The lowest BCUT2D eigenvalue weighted by Crippen LogP contribution is -2.51. The van der Waals surface area contributed by atoms with Gasteiger partial charge in [0.2, 0.25) is 0 Å². The number of hydrogen-bond donors (Lipinski definition) is 0. The van der Waals surface area contributed by atoms with E-state index in [1.807, 2.05) is 29.2 Å². The fraction of sp³-hybridized carbons (Fsp3) is 0.444. The Balaban J connectivity index is 1.32. The van der Waals surface area contributed by atoms with E-state index in [9.17, 15) is 9.59 Å². The second-order valence-corrected chi connectivity index (χ2v) is 9.10. The van der Waals surface area contributed by atoms with Crippen LogP contribution in [0.25, 0.3) is 0 Å². The number of fused-ring (bicyclic) bond motifs is 3. The van der Waals surface area contributed by atoms with Crippen LogP contribution in [0.15, 0.2) is 29.3 Å². The van der Waals surface area contributed by atoms with Gasteiger partial charge in [-0.25, -0.2) is 14.5 Å². The number of carbonyl (C=O) groups excluding carboxylic acids is 2. The van der Waals surface area contributed by atoms with Crippen LogP contribution in [-0.4, -0.2) is 44.6 Å². The fourth-order valence-corrected chi connectivity index (χ4v) is 6.00. The Bertz CT molecular complexity index is 919. The topological polar surface area (TPSA) is 81.6 Å². The molecule has 3 aliphatic heterocycles. The van der Waals surface area contributed by atoms with Gasteiger partial charge in [0.25, 0.3) is 0 Å². The number of hydrogen-bond acceptors (Lipinski definition) is 9. The average Bonchev–Trinajstić information content (AvgIpc) is 3.36. The molecule has 0 radical (unpaired) electrons. The first-order chi connectivity index (χ1) is 13.5. The third kappa shape index (κ3) is 3.10. The van der Waals surface area contributed by atoms with Gasteiger partial charge in [0, 0.05) is 36.2 Å². The van der Waals surface area contributed by atoms with Crippen LogP contribution in [0.4, 0.5) is 0 Å². The molecule has 5 rings (SSSR count). The van der Waals surface area contributed by atoms with Crippen molar-refractivity contribution in [1.82, 2.24) is 13.6 Å². The maximum Gasteiger partial charge on any atom is 0.421 e. The molecule has 0 amide bonds. The highest BCUT2D eigenvalue weighted by Gasteiger charge is 2.59. The number of esters is 2. The monoisotopic (exact) mass is 437 g/mol. The smallest absolute Gasteiger partial charge is 0.400 e. The van der Waals surface area contributed by atoms with Crippen molar-refractivity contribution in [2.24, 2.45) is 5.92 Å². The van der Waals surface area contributed by atoms with E-state index in [0.717, 1.165) is 27.9 Å². The van der Waals surface area contributed by atoms with Crippen molar-refractivity contribution < 1.29 is 19.1 Å². The molecule has 3 unspecified atom stereocenters. The number of ether oxygens (including phenoxy) is 2. The molecule has 0 N–H and O–H groups in total. The first-order valence-corrected chi connectivity index (χ1v) is 11.0. The Morgan fingerprint density at radius 3 is 2.68 bits per heavy atom. The summed E-state index contributed by atoms with van der Waals surface area (Å²) in [4.78, 5) is 25.1. The van der Waals surface area contributed by atoms with Crippen LogP contribution >= 0.6 is 35.1 Å². The molecule has 1 aromatic carbocycles. The van der Waals surface area contributed by atoms with Crippen molar-refractivity contribution >= 4 is 47.0 Å². The van der Waals surface area contributed by atoms with E-state index in [4.69, 9.17) is 21.1 Å². The van der Waals surface area contributed by atoms with Gasteiger partial charge in [-0.3, -0.25) is 0 Å². The van der Waals surface area contributed by atoms with Crippen LogP contribution < -0.4 is 0 Å². The van der Waals surface area contributed by atoms with Gasteiger partial charge < -0.3 is 9.47 Å². The summed E-state index contributed by atoms with van der Waals surface area (Å²) >= 11 is 8.83. The molecule has 3 aliphatic rings. The van der Waals surface area contributed by atoms with E-state index in [1.165, 1.54) is 17.3 Å². The Labute approximate surface area is 174 Å². The van der Waals surface area contributed by atoms with Crippen molar-refractivity contribution in [3.05, 3.63) is 40.5 Å². The van der Waals surface area contributed by atoms with Gasteiger partial charge in [-0.1, -0.05) is 35.5 Å². The molecule has 3 fully saturated rings. The normalized spacial score (nSPS) is 27.8. The molecule has 2 bridgehead atoms. The summed E-state index contributed by atoms with van der Waals surface area (Å²) in [7, 11) is 0. The lowest BCUT2D eigenvalue weighted by molar-refractivity contribution is -0.257. The molecule has 7 nitrogen and oxygen atoms in total. The van der Waals surface area contributed by atoms with Gasteiger partial charge in [0.1, 0.15) is 5.03 Å². The number of benzene rings is 1. The van der Waals surface area contributed by atoms with Crippen LogP contribution in [0.5, 0.6) is 0 Å². The number of rotatable bonds is 4. The summed E-state index contributed by atoms with van der Waals surface area (Å²) in [5.41, 5.74) is 2.16. The summed E-state index contributed by atoms with van der Waals surface area (Å²) in [6.07, 6.45) is 1.30. The lowest BCUT2D eigenvalue weighted by atomic mass is 9.88. The van der Waals surface area contributed by atoms with Gasteiger partial charge >= 0.3 is 17.8 Å². The summed E-state index contributed by atoms with van der Waals surface area (Å²) in [6.45, 7) is 1.34. The predicted octanol–water partition coefficient (Wildman–Crippen LogP) is 3.05. The van der Waals surface area contributed by atoms with E-state index >= 15 is 0 Å². The molecule has 3 atom stereocenters. The molecule has 0 saturated carbocycles. The number of thioether (sulfide) groups is 1. The fourth-order valence-electron chi connectivity index (χ4n) is 4.15. The minimum atomic E-state index is -1.22. The Kier molecular flexibility index (Phi) is 4.58. The molecule has 146 valence electrons. The number of aromatic nitrogens is 2. The molecule has 1 aromatic heterocycles. The van der Waals surface area contributed by atoms with E-state index in [2.05, 4.69) is 8.75 Å². The maximum atomic E-state index is 11.6. The van der Waals surface area contributed by atoms with Crippen LogP contribution in [0.3, 0.4) is 0 Å². The molecule has 2 aromatic rings. The van der Waals surface area contributed by atoms with Crippen LogP contribution in [-0.2, 0) is 24.8 Å². The highest BCUT2D eigenvalue weighted by molar-refractivity contribution is 7.98. The third-order valence-corrected chi connectivity index (χ3v) is 7.51. The van der Waals surface area contributed by atoms with Gasteiger partial charge in [0.15, 0.2) is 0 Å². The number of carbonyl (C=O) groups is 2. The van der Waals surface area contributed by atoms with E-state index < -0.39 is 17.8 Å². The number of nitrogens with zero attached hydrogens (tertiary/aromatic N) is 3. The van der Waals surface area contributed by atoms with E-state index in [0.29, 0.717) is 25.4 Å². The summed E-state index contributed by atoms with van der Waals surface area (Å²) in [5.74, 6) is -1.69. The maximum absolute atomic E-state index is 11.6. The minimum absolute atomic E-state index is 0.184. The number of halogens is 1. The Hall–Kier alpha value is -1.68. The molecule has 10 heteroatoms. The minimum Gasteiger partial charge on any atom is -0.400 e. The second kappa shape index (κ2) is 6.98.